The van der Waals surface area contributed by atoms with Gasteiger partial charge in [0.1, 0.15) is 0 Å². The number of hydrogen-bond donors (Lipinski definition) is 0. The summed E-state index contributed by atoms with van der Waals surface area (Å²) in [5, 5.41) is 0. The van der Waals surface area contributed by atoms with Gasteiger partial charge in [-0.05, 0) is 35.2 Å². The van der Waals surface area contributed by atoms with Crippen molar-refractivity contribution >= 4 is 15.7 Å². The zero-order chi connectivity index (χ0) is 17.4. The number of para-hydroxylation sites is 1. The molecule has 1 aliphatic heterocycles. The molecule has 1 heterocycles. The van der Waals surface area contributed by atoms with Crippen molar-refractivity contribution in [3.63, 3.8) is 0 Å². The third-order valence-electron chi connectivity index (χ3n) is 4.12. The molecule has 128 valence electrons. The maximum Gasteiger partial charge on any atom is 0.264 e. The Balaban J connectivity index is 1.96. The standard InChI is InChI=1S/C19H23NO3S/c1-19(2,3)15-9-11-18(12-10-15)24(21,22)20(13-17-14-23-17)16-7-5-4-6-8-16/h4-12,17H,13-14H2,1-3H3. The molecule has 0 spiro atoms. The van der Waals surface area contributed by atoms with Crippen LogP contribution in [0.3, 0.4) is 0 Å². The summed E-state index contributed by atoms with van der Waals surface area (Å²) >= 11 is 0. The normalized spacial score (nSPS) is 17.5. The van der Waals surface area contributed by atoms with Gasteiger partial charge in [-0.15, -0.1) is 0 Å². The minimum atomic E-state index is -3.62. The summed E-state index contributed by atoms with van der Waals surface area (Å²) in [6.07, 6.45) is -0.0196. The van der Waals surface area contributed by atoms with Crippen molar-refractivity contribution in [2.75, 3.05) is 17.5 Å². The van der Waals surface area contributed by atoms with Gasteiger partial charge in [0.15, 0.2) is 0 Å². The lowest BCUT2D eigenvalue weighted by Gasteiger charge is -2.25. The SMILES string of the molecule is CC(C)(C)c1ccc(S(=O)(=O)N(CC2CO2)c2ccccc2)cc1. The fraction of sp³-hybridized carbons (Fsp3) is 0.368. The average Bonchev–Trinajstić information content (AvgIpc) is 3.37. The van der Waals surface area contributed by atoms with Crippen molar-refractivity contribution < 1.29 is 13.2 Å². The Labute approximate surface area is 144 Å². The minimum Gasteiger partial charge on any atom is -0.371 e. The average molecular weight is 345 g/mol. The van der Waals surface area contributed by atoms with E-state index in [4.69, 9.17) is 4.74 Å². The predicted molar refractivity (Wildman–Crippen MR) is 95.9 cm³/mol. The van der Waals surface area contributed by atoms with Crippen LogP contribution in [-0.4, -0.2) is 27.7 Å². The molecule has 2 aromatic carbocycles. The van der Waals surface area contributed by atoms with Gasteiger partial charge in [0.05, 0.1) is 29.8 Å². The third-order valence-corrected chi connectivity index (χ3v) is 5.93. The molecule has 0 radical (unpaired) electrons. The molecular formula is C19H23NO3S. The highest BCUT2D eigenvalue weighted by Crippen LogP contribution is 2.28. The van der Waals surface area contributed by atoms with Crippen molar-refractivity contribution in [1.29, 1.82) is 0 Å². The number of sulfonamides is 1. The van der Waals surface area contributed by atoms with Crippen molar-refractivity contribution in [3.05, 3.63) is 60.2 Å². The number of nitrogens with zero attached hydrogens (tertiary/aromatic N) is 1. The maximum absolute atomic E-state index is 13.1. The zero-order valence-corrected chi connectivity index (χ0v) is 15.1. The topological polar surface area (TPSA) is 49.9 Å². The summed E-state index contributed by atoms with van der Waals surface area (Å²) in [5.74, 6) is 0. The summed E-state index contributed by atoms with van der Waals surface area (Å²) in [6, 6.07) is 16.3. The van der Waals surface area contributed by atoms with E-state index in [1.54, 1.807) is 12.1 Å². The second-order valence-corrected chi connectivity index (χ2v) is 8.96. The van der Waals surface area contributed by atoms with Gasteiger partial charge in [-0.3, -0.25) is 4.31 Å². The summed E-state index contributed by atoms with van der Waals surface area (Å²) < 4.78 is 32.9. The lowest BCUT2D eigenvalue weighted by molar-refractivity contribution is 0.412. The number of anilines is 1. The Kier molecular flexibility index (Phi) is 4.40. The lowest BCUT2D eigenvalue weighted by atomic mass is 9.87. The van der Waals surface area contributed by atoms with E-state index in [9.17, 15) is 8.42 Å². The molecule has 0 N–H and O–H groups in total. The first kappa shape index (κ1) is 17.0. The molecule has 1 fully saturated rings. The quantitative estimate of drug-likeness (QED) is 0.778. The Morgan fingerprint density at radius 3 is 2.12 bits per heavy atom. The van der Waals surface area contributed by atoms with Crippen LogP contribution in [0.15, 0.2) is 59.5 Å². The zero-order valence-electron chi connectivity index (χ0n) is 14.3. The maximum atomic E-state index is 13.1. The molecule has 2 aromatic rings. The Bertz CT molecular complexity index is 789. The molecule has 0 aliphatic carbocycles. The van der Waals surface area contributed by atoms with Gasteiger partial charge in [-0.2, -0.15) is 0 Å². The molecule has 1 saturated heterocycles. The van der Waals surface area contributed by atoms with E-state index in [1.165, 1.54) is 4.31 Å². The smallest absolute Gasteiger partial charge is 0.264 e. The summed E-state index contributed by atoms with van der Waals surface area (Å²) in [7, 11) is -3.62. The van der Waals surface area contributed by atoms with Crippen LogP contribution < -0.4 is 4.31 Å². The highest BCUT2D eigenvalue weighted by Gasteiger charge is 2.33. The molecule has 5 heteroatoms. The molecule has 4 nitrogen and oxygen atoms in total. The van der Waals surface area contributed by atoms with E-state index in [0.717, 1.165) is 5.56 Å². The van der Waals surface area contributed by atoms with Gasteiger partial charge in [0.25, 0.3) is 10.0 Å². The molecule has 1 unspecified atom stereocenters. The Hall–Kier alpha value is -1.85. The van der Waals surface area contributed by atoms with Gasteiger partial charge < -0.3 is 4.74 Å². The first-order valence-electron chi connectivity index (χ1n) is 8.08. The van der Waals surface area contributed by atoms with E-state index >= 15 is 0 Å². The van der Waals surface area contributed by atoms with Crippen molar-refractivity contribution in [3.8, 4) is 0 Å². The van der Waals surface area contributed by atoms with Crippen LogP contribution in [0.4, 0.5) is 5.69 Å². The first-order valence-corrected chi connectivity index (χ1v) is 9.52. The van der Waals surface area contributed by atoms with Gasteiger partial charge in [-0.1, -0.05) is 51.1 Å². The van der Waals surface area contributed by atoms with E-state index < -0.39 is 10.0 Å². The van der Waals surface area contributed by atoms with E-state index in [2.05, 4.69) is 20.8 Å². The van der Waals surface area contributed by atoms with Crippen LogP contribution >= 0.6 is 0 Å². The first-order chi connectivity index (χ1) is 11.3. The molecule has 0 bridgehead atoms. The molecule has 1 aliphatic rings. The third kappa shape index (κ3) is 3.62. The van der Waals surface area contributed by atoms with E-state index in [0.29, 0.717) is 23.7 Å². The van der Waals surface area contributed by atoms with Crippen molar-refractivity contribution in [2.24, 2.45) is 0 Å². The van der Waals surface area contributed by atoms with Crippen LogP contribution in [0, 0.1) is 0 Å². The van der Waals surface area contributed by atoms with Crippen molar-refractivity contribution in [1.82, 2.24) is 0 Å². The fourth-order valence-electron chi connectivity index (χ4n) is 2.55. The van der Waals surface area contributed by atoms with Gasteiger partial charge >= 0.3 is 0 Å². The number of ether oxygens (including phenoxy) is 1. The molecule has 1 atom stereocenters. The number of rotatable bonds is 5. The number of benzene rings is 2. The van der Waals surface area contributed by atoms with Gasteiger partial charge in [-0.25, -0.2) is 8.42 Å². The van der Waals surface area contributed by atoms with Gasteiger partial charge in [0.2, 0.25) is 0 Å². The van der Waals surface area contributed by atoms with Crippen LogP contribution in [0.2, 0.25) is 0 Å². The molecular weight excluding hydrogens is 322 g/mol. The Morgan fingerprint density at radius 1 is 1.04 bits per heavy atom. The summed E-state index contributed by atoms with van der Waals surface area (Å²) in [5.41, 5.74) is 1.76. The molecule has 0 saturated carbocycles. The monoisotopic (exact) mass is 345 g/mol. The predicted octanol–water partition coefficient (Wildman–Crippen LogP) is 3.58. The number of epoxide rings is 1. The van der Waals surface area contributed by atoms with Crippen LogP contribution in [-0.2, 0) is 20.2 Å². The number of hydrogen-bond acceptors (Lipinski definition) is 3. The highest BCUT2D eigenvalue weighted by molar-refractivity contribution is 7.92. The summed E-state index contributed by atoms with van der Waals surface area (Å²) in [4.78, 5) is 0.306. The van der Waals surface area contributed by atoms with Crippen LogP contribution in [0.1, 0.15) is 26.3 Å². The Morgan fingerprint density at radius 2 is 1.62 bits per heavy atom. The molecule has 3 rings (SSSR count). The highest BCUT2D eigenvalue weighted by atomic mass is 32.2. The van der Waals surface area contributed by atoms with Gasteiger partial charge in [0, 0.05) is 0 Å². The summed E-state index contributed by atoms with van der Waals surface area (Å²) in [6.45, 7) is 7.28. The largest absolute Gasteiger partial charge is 0.371 e. The fourth-order valence-corrected chi connectivity index (χ4v) is 4.05. The minimum absolute atomic E-state index is 0.0107. The van der Waals surface area contributed by atoms with E-state index in [1.807, 2.05) is 42.5 Å². The lowest BCUT2D eigenvalue weighted by Crippen LogP contribution is -2.34. The van der Waals surface area contributed by atoms with Crippen molar-refractivity contribution in [2.45, 2.75) is 37.2 Å². The molecule has 0 amide bonds. The second kappa shape index (κ2) is 6.22. The molecule has 24 heavy (non-hydrogen) atoms. The molecule has 0 aromatic heterocycles. The second-order valence-electron chi connectivity index (χ2n) is 7.10. The van der Waals surface area contributed by atoms with E-state index in [-0.39, 0.29) is 11.5 Å². The van der Waals surface area contributed by atoms with Crippen LogP contribution in [0.25, 0.3) is 0 Å². The van der Waals surface area contributed by atoms with Crippen LogP contribution in [0.5, 0.6) is 0 Å².